The first-order valence-corrected chi connectivity index (χ1v) is 8.28. The highest BCUT2D eigenvalue weighted by molar-refractivity contribution is 6.31. The molecule has 3 aliphatic heterocycles. The number of rotatable bonds is 0. The molecule has 26 heavy (non-hydrogen) atoms. The van der Waals surface area contributed by atoms with Gasteiger partial charge in [0.1, 0.15) is 22.9 Å². The summed E-state index contributed by atoms with van der Waals surface area (Å²) >= 11 is 6.18. The van der Waals surface area contributed by atoms with Crippen molar-refractivity contribution in [2.45, 2.75) is 24.9 Å². The number of nitrogens with two attached hydrogens (primary N) is 1. The van der Waals surface area contributed by atoms with E-state index < -0.39 is 22.9 Å². The fourth-order valence-electron chi connectivity index (χ4n) is 4.02. The van der Waals surface area contributed by atoms with Crippen molar-refractivity contribution in [3.63, 3.8) is 0 Å². The lowest BCUT2D eigenvalue weighted by atomic mass is 9.67. The lowest BCUT2D eigenvalue weighted by Crippen LogP contribution is -2.49. The predicted molar refractivity (Wildman–Crippen MR) is 93.7 cm³/mol. The quantitative estimate of drug-likeness (QED) is 0.669. The van der Waals surface area contributed by atoms with E-state index in [2.05, 4.69) is 5.32 Å². The average molecular weight is 371 g/mol. The molecule has 8 heteroatoms. The number of amides is 1. The molecule has 1 atom stereocenters. The van der Waals surface area contributed by atoms with Crippen LogP contribution in [0.3, 0.4) is 0 Å². The average Bonchev–Trinajstić information content (AvgIpc) is 2.91. The molecule has 0 radical (unpaired) electrons. The van der Waals surface area contributed by atoms with Crippen LogP contribution in [-0.2, 0) is 19.7 Å². The van der Waals surface area contributed by atoms with E-state index in [1.54, 1.807) is 39.1 Å². The molecule has 0 saturated heterocycles. The fourth-order valence-corrected chi connectivity index (χ4v) is 4.19. The molecule has 132 valence electrons. The molecular formula is C18H15ClN4O3. The molecule has 0 saturated carbocycles. The summed E-state index contributed by atoms with van der Waals surface area (Å²) in [5.74, 6) is -1.09. The molecule has 1 spiro atoms. The Kier molecular flexibility index (Phi) is 3.04. The van der Waals surface area contributed by atoms with Crippen LogP contribution in [0.5, 0.6) is 0 Å². The molecule has 3 N–H and O–H groups in total. The number of hydrogen-bond acceptors (Lipinski definition) is 6. The first kappa shape index (κ1) is 16.5. The van der Waals surface area contributed by atoms with E-state index in [4.69, 9.17) is 22.1 Å². The number of fused-ring (bicyclic) bond motifs is 3. The topological polar surface area (TPSA) is 108 Å². The lowest BCUT2D eigenvalue weighted by molar-refractivity contribution is -0.145. The standard InChI is InChI=1S/C18H15ClN4O3/c1-17(2)13-12(15(24)26-17)18(10(7-20)14(21)22-13)9-6-8(19)4-5-11(9)23(3)16(18)25/h4-6,22H,21H2,1-3H3/t18-/m1/s1. The molecule has 3 aliphatic rings. The number of cyclic esters (lactones) is 1. The Morgan fingerprint density at radius 3 is 2.69 bits per heavy atom. The largest absolute Gasteiger partial charge is 0.450 e. The highest BCUT2D eigenvalue weighted by atomic mass is 35.5. The summed E-state index contributed by atoms with van der Waals surface area (Å²) in [7, 11) is 1.59. The molecule has 0 aromatic heterocycles. The van der Waals surface area contributed by atoms with Gasteiger partial charge >= 0.3 is 5.97 Å². The zero-order valence-corrected chi connectivity index (χ0v) is 15.1. The van der Waals surface area contributed by atoms with Gasteiger partial charge < -0.3 is 20.7 Å². The van der Waals surface area contributed by atoms with Gasteiger partial charge in [0.05, 0.1) is 16.8 Å². The first-order chi connectivity index (χ1) is 12.2. The number of esters is 1. The molecule has 1 aromatic carbocycles. The Balaban J connectivity index is 2.18. The van der Waals surface area contributed by atoms with E-state index in [1.165, 1.54) is 4.90 Å². The number of likely N-dealkylation sites (N-methyl/N-ethyl adjacent to an activating group) is 1. The second kappa shape index (κ2) is 4.80. The van der Waals surface area contributed by atoms with Crippen molar-refractivity contribution >= 4 is 29.2 Å². The lowest BCUT2D eigenvalue weighted by Gasteiger charge is -2.34. The summed E-state index contributed by atoms with van der Waals surface area (Å²) in [5, 5.41) is 13.1. The van der Waals surface area contributed by atoms with Gasteiger partial charge in [-0.3, -0.25) is 4.79 Å². The van der Waals surface area contributed by atoms with Crippen LogP contribution in [0.4, 0.5) is 5.69 Å². The molecule has 3 heterocycles. The molecular weight excluding hydrogens is 356 g/mol. The Morgan fingerprint density at radius 2 is 2.04 bits per heavy atom. The van der Waals surface area contributed by atoms with Crippen molar-refractivity contribution in [1.82, 2.24) is 5.32 Å². The van der Waals surface area contributed by atoms with Crippen LogP contribution in [0.1, 0.15) is 19.4 Å². The van der Waals surface area contributed by atoms with Gasteiger partial charge in [-0.05, 0) is 32.0 Å². The fraction of sp³-hybridized carbons (Fsp3) is 0.278. The number of benzene rings is 1. The van der Waals surface area contributed by atoms with E-state index in [0.717, 1.165) is 0 Å². The molecule has 0 fully saturated rings. The van der Waals surface area contributed by atoms with Crippen LogP contribution < -0.4 is 16.0 Å². The van der Waals surface area contributed by atoms with Crippen molar-refractivity contribution < 1.29 is 14.3 Å². The summed E-state index contributed by atoms with van der Waals surface area (Å²) in [6, 6.07) is 6.94. The minimum atomic E-state index is -1.67. The van der Waals surface area contributed by atoms with Gasteiger partial charge in [-0.1, -0.05) is 11.6 Å². The molecule has 1 aromatic rings. The summed E-state index contributed by atoms with van der Waals surface area (Å²) in [5.41, 5.74) is 4.87. The van der Waals surface area contributed by atoms with Crippen molar-refractivity contribution in [3.8, 4) is 6.07 Å². The summed E-state index contributed by atoms with van der Waals surface area (Å²) in [4.78, 5) is 27.6. The zero-order valence-electron chi connectivity index (χ0n) is 14.3. The Hall–Kier alpha value is -2.98. The number of nitrogens with one attached hydrogen (secondary N) is 1. The monoisotopic (exact) mass is 370 g/mol. The second-order valence-electron chi connectivity index (χ2n) is 6.95. The van der Waals surface area contributed by atoms with Gasteiger partial charge in [-0.2, -0.15) is 5.26 Å². The maximum atomic E-state index is 13.4. The summed E-state index contributed by atoms with van der Waals surface area (Å²) in [6.45, 7) is 3.39. The van der Waals surface area contributed by atoms with Gasteiger partial charge in [-0.15, -0.1) is 0 Å². The van der Waals surface area contributed by atoms with Crippen LogP contribution in [0.25, 0.3) is 0 Å². The summed E-state index contributed by atoms with van der Waals surface area (Å²) in [6.07, 6.45) is 0. The number of carbonyl (C=O) groups excluding carboxylic acids is 2. The number of anilines is 1. The maximum Gasteiger partial charge on any atom is 0.338 e. The number of nitriles is 1. The second-order valence-corrected chi connectivity index (χ2v) is 7.39. The predicted octanol–water partition coefficient (Wildman–Crippen LogP) is 1.44. The molecule has 1 amide bonds. The van der Waals surface area contributed by atoms with Gasteiger partial charge in [-0.25, -0.2) is 4.79 Å². The van der Waals surface area contributed by atoms with Crippen LogP contribution in [0, 0.1) is 11.3 Å². The van der Waals surface area contributed by atoms with Crippen LogP contribution in [0.2, 0.25) is 5.02 Å². The zero-order chi connectivity index (χ0) is 19.0. The molecule has 4 rings (SSSR count). The van der Waals surface area contributed by atoms with E-state index in [1.807, 2.05) is 6.07 Å². The van der Waals surface area contributed by atoms with Crippen LogP contribution >= 0.6 is 11.6 Å². The summed E-state index contributed by atoms with van der Waals surface area (Å²) < 4.78 is 5.48. The van der Waals surface area contributed by atoms with Gasteiger partial charge in [0, 0.05) is 23.3 Å². The molecule has 0 bridgehead atoms. The third-order valence-electron chi connectivity index (χ3n) is 5.14. The smallest absolute Gasteiger partial charge is 0.338 e. The molecule has 7 nitrogen and oxygen atoms in total. The van der Waals surface area contributed by atoms with Crippen LogP contribution in [0.15, 0.2) is 40.9 Å². The number of dihydropyridines is 1. The third-order valence-corrected chi connectivity index (χ3v) is 5.38. The minimum Gasteiger partial charge on any atom is -0.450 e. The van der Waals surface area contributed by atoms with Crippen molar-refractivity contribution in [3.05, 3.63) is 51.4 Å². The number of nitrogens with zero attached hydrogens (tertiary/aromatic N) is 2. The van der Waals surface area contributed by atoms with E-state index >= 15 is 0 Å². The van der Waals surface area contributed by atoms with Crippen molar-refractivity contribution in [1.29, 1.82) is 5.26 Å². The van der Waals surface area contributed by atoms with E-state index in [-0.39, 0.29) is 17.0 Å². The Labute approximate surface area is 154 Å². The number of hydrogen-bond donors (Lipinski definition) is 2. The molecule has 0 aliphatic carbocycles. The highest BCUT2D eigenvalue weighted by Gasteiger charge is 2.64. The van der Waals surface area contributed by atoms with Crippen LogP contribution in [-0.4, -0.2) is 24.5 Å². The maximum absolute atomic E-state index is 13.4. The minimum absolute atomic E-state index is 0.0206. The number of carbonyl (C=O) groups is 2. The SMILES string of the molecule is CN1C(=O)[C@@]2(C(C#N)=C(N)NC3=C2C(=O)OC3(C)C)c2cc(Cl)ccc21. The molecule has 0 unspecified atom stereocenters. The van der Waals surface area contributed by atoms with Crippen molar-refractivity contribution in [2.24, 2.45) is 5.73 Å². The number of ether oxygens (including phenoxy) is 1. The first-order valence-electron chi connectivity index (χ1n) is 7.90. The van der Waals surface area contributed by atoms with Crippen molar-refractivity contribution in [2.75, 3.05) is 11.9 Å². The normalized spacial score (nSPS) is 25.9. The number of halogens is 1. The highest BCUT2D eigenvalue weighted by Crippen LogP contribution is 2.56. The van der Waals surface area contributed by atoms with E-state index in [9.17, 15) is 14.9 Å². The Bertz CT molecular complexity index is 1020. The van der Waals surface area contributed by atoms with Gasteiger partial charge in [0.15, 0.2) is 0 Å². The van der Waals surface area contributed by atoms with Gasteiger partial charge in [0.2, 0.25) is 5.91 Å². The van der Waals surface area contributed by atoms with Gasteiger partial charge in [0.25, 0.3) is 0 Å². The van der Waals surface area contributed by atoms with E-state index in [0.29, 0.717) is 22.0 Å². The Morgan fingerprint density at radius 1 is 1.35 bits per heavy atom. The third kappa shape index (κ3) is 1.67.